The predicted octanol–water partition coefficient (Wildman–Crippen LogP) is 0.186. The van der Waals surface area contributed by atoms with E-state index in [0.29, 0.717) is 16.7 Å². The number of carbonyl (C=O) groups is 2. The van der Waals surface area contributed by atoms with Crippen LogP contribution in [0.2, 0.25) is 0 Å². The van der Waals surface area contributed by atoms with E-state index < -0.39 is 18.2 Å². The number of halogens is 3. The largest absolute Gasteiger partial charge is 0.542 e. The Hall–Kier alpha value is -3.50. The van der Waals surface area contributed by atoms with Crippen LogP contribution in [0.15, 0.2) is 30.3 Å². The summed E-state index contributed by atoms with van der Waals surface area (Å²) in [6.07, 6.45) is -6.63. The van der Waals surface area contributed by atoms with E-state index >= 15 is 0 Å². The van der Waals surface area contributed by atoms with Gasteiger partial charge in [0, 0.05) is 10.9 Å². The molecule has 0 unspecified atom stereocenters. The number of carboxylic acid groups (broad SMARTS) is 2. The van der Waals surface area contributed by atoms with Gasteiger partial charge in [-0.15, -0.1) is 0 Å². The van der Waals surface area contributed by atoms with Crippen LogP contribution >= 0.6 is 0 Å². The minimum absolute atomic E-state index is 0.0934. The SMILES string of the molecule is COc1ccc2ccc(C(=N)N)cc2c1NC(=O)[O-].O=C([O-])C(F)(F)F. The Balaban J connectivity index is 0.000000412. The summed E-state index contributed by atoms with van der Waals surface area (Å²) >= 11 is 0. The summed E-state index contributed by atoms with van der Waals surface area (Å²) in [6.45, 7) is 0. The van der Waals surface area contributed by atoms with Crippen LogP contribution in [0.3, 0.4) is 0 Å². The maximum absolute atomic E-state index is 10.8. The molecule has 0 bridgehead atoms. The highest BCUT2D eigenvalue weighted by Gasteiger charge is 2.28. The monoisotopic (exact) mass is 371 g/mol. The van der Waals surface area contributed by atoms with Crippen LogP contribution in [0, 0.1) is 5.41 Å². The van der Waals surface area contributed by atoms with Crippen LogP contribution in [0.1, 0.15) is 5.56 Å². The van der Waals surface area contributed by atoms with Crippen LogP contribution in [0.5, 0.6) is 5.75 Å². The molecule has 1 amide bonds. The van der Waals surface area contributed by atoms with Crippen molar-refractivity contribution in [1.29, 1.82) is 5.41 Å². The molecule has 0 radical (unpaired) electrons. The lowest BCUT2D eigenvalue weighted by Crippen LogP contribution is -2.37. The lowest BCUT2D eigenvalue weighted by molar-refractivity contribution is -0.344. The van der Waals surface area contributed by atoms with Gasteiger partial charge < -0.3 is 35.6 Å². The minimum atomic E-state index is -5.19. The third kappa shape index (κ3) is 5.26. The van der Waals surface area contributed by atoms with Crippen molar-refractivity contribution >= 4 is 34.4 Å². The van der Waals surface area contributed by atoms with Gasteiger partial charge in [0.05, 0.1) is 12.8 Å². The summed E-state index contributed by atoms with van der Waals surface area (Å²) in [6, 6.07) is 8.52. The fourth-order valence-electron chi connectivity index (χ4n) is 1.87. The Kier molecular flexibility index (Phi) is 6.36. The molecule has 8 nitrogen and oxygen atoms in total. The zero-order chi connectivity index (χ0) is 20.1. The average molecular weight is 371 g/mol. The van der Waals surface area contributed by atoms with Crippen molar-refractivity contribution in [1.82, 2.24) is 0 Å². The lowest BCUT2D eigenvalue weighted by atomic mass is 10.0. The minimum Gasteiger partial charge on any atom is -0.542 e. The van der Waals surface area contributed by atoms with Crippen LogP contribution < -0.4 is 26.0 Å². The Labute approximate surface area is 144 Å². The van der Waals surface area contributed by atoms with Gasteiger partial charge in [0.2, 0.25) is 0 Å². The second-order valence-corrected chi connectivity index (χ2v) is 4.69. The number of carboxylic acids is 1. The number of alkyl halides is 3. The first kappa shape index (κ1) is 20.5. The smallest absolute Gasteiger partial charge is 0.430 e. The van der Waals surface area contributed by atoms with Crippen molar-refractivity contribution in [2.75, 3.05) is 12.4 Å². The number of benzene rings is 2. The summed E-state index contributed by atoms with van der Waals surface area (Å²) in [5.41, 5.74) is 6.21. The third-order valence-corrected chi connectivity index (χ3v) is 2.97. The summed E-state index contributed by atoms with van der Waals surface area (Å²) in [7, 11) is 1.44. The molecule has 0 aliphatic carbocycles. The number of ether oxygens (including phenoxy) is 1. The van der Waals surface area contributed by atoms with E-state index in [2.05, 4.69) is 5.32 Å². The van der Waals surface area contributed by atoms with E-state index in [1.165, 1.54) is 7.11 Å². The lowest BCUT2D eigenvalue weighted by Gasteiger charge is -2.15. The molecule has 2 aromatic rings. The van der Waals surface area contributed by atoms with Crippen molar-refractivity contribution in [3.05, 3.63) is 35.9 Å². The molecule has 11 heteroatoms. The molecular weight excluding hydrogens is 359 g/mol. The second kappa shape index (κ2) is 8.05. The zero-order valence-corrected chi connectivity index (χ0v) is 13.1. The number of methoxy groups -OCH3 is 1. The van der Waals surface area contributed by atoms with Gasteiger partial charge in [-0.25, -0.2) is 0 Å². The summed E-state index contributed by atoms with van der Waals surface area (Å²) in [5, 5.41) is 30.6. The molecule has 0 fully saturated rings. The number of nitrogen functional groups attached to an aromatic ring is 1. The zero-order valence-electron chi connectivity index (χ0n) is 13.1. The van der Waals surface area contributed by atoms with E-state index in [9.17, 15) is 23.1 Å². The maximum Gasteiger partial charge on any atom is 0.430 e. The molecule has 0 saturated carbocycles. The van der Waals surface area contributed by atoms with Gasteiger partial charge in [-0.2, -0.15) is 13.2 Å². The highest BCUT2D eigenvalue weighted by atomic mass is 19.4. The number of aliphatic carboxylic acids is 1. The fourth-order valence-corrected chi connectivity index (χ4v) is 1.87. The number of hydrogen-bond donors (Lipinski definition) is 3. The molecule has 0 spiro atoms. The fraction of sp³-hybridized carbons (Fsp3) is 0.133. The molecule has 2 aromatic carbocycles. The average Bonchev–Trinajstić information content (AvgIpc) is 2.53. The van der Waals surface area contributed by atoms with Crippen LogP contribution in [-0.2, 0) is 4.79 Å². The number of rotatable bonds is 3. The topological polar surface area (TPSA) is 151 Å². The highest BCUT2D eigenvalue weighted by Crippen LogP contribution is 2.33. The first-order valence-corrected chi connectivity index (χ1v) is 6.68. The summed E-state index contributed by atoms with van der Waals surface area (Å²) < 4.78 is 36.7. The van der Waals surface area contributed by atoms with Gasteiger partial charge in [0.1, 0.15) is 23.6 Å². The number of amidine groups is 1. The van der Waals surface area contributed by atoms with E-state index in [1.54, 1.807) is 30.3 Å². The molecule has 140 valence electrons. The first-order valence-electron chi connectivity index (χ1n) is 6.68. The van der Waals surface area contributed by atoms with Gasteiger partial charge in [0.15, 0.2) is 0 Å². The first-order chi connectivity index (χ1) is 12.0. The second-order valence-electron chi connectivity index (χ2n) is 4.69. The van der Waals surface area contributed by atoms with Crippen LogP contribution in [-0.4, -0.2) is 31.2 Å². The van der Waals surface area contributed by atoms with Gasteiger partial charge in [-0.1, -0.05) is 18.2 Å². The molecule has 2 rings (SSSR count). The highest BCUT2D eigenvalue weighted by molar-refractivity contribution is 6.06. The van der Waals surface area contributed by atoms with Crippen molar-refractivity contribution in [3.63, 3.8) is 0 Å². The maximum atomic E-state index is 10.8. The van der Waals surface area contributed by atoms with Crippen molar-refractivity contribution in [2.24, 2.45) is 5.73 Å². The quantitative estimate of drug-likeness (QED) is 0.517. The van der Waals surface area contributed by atoms with Crippen molar-refractivity contribution in [3.8, 4) is 5.75 Å². The number of nitrogens with two attached hydrogens (primary N) is 1. The molecule has 26 heavy (non-hydrogen) atoms. The predicted molar refractivity (Wildman–Crippen MR) is 81.6 cm³/mol. The summed E-state index contributed by atoms with van der Waals surface area (Å²) in [4.78, 5) is 19.5. The van der Waals surface area contributed by atoms with Crippen molar-refractivity contribution < 1.29 is 37.7 Å². The Morgan fingerprint density at radius 2 is 1.73 bits per heavy atom. The number of carbonyl (C=O) groups excluding carboxylic acids is 2. The molecule has 4 N–H and O–H groups in total. The molecule has 0 saturated heterocycles. The number of hydrogen-bond acceptors (Lipinski definition) is 6. The van der Waals surface area contributed by atoms with Gasteiger partial charge >= 0.3 is 6.18 Å². The summed E-state index contributed by atoms with van der Waals surface area (Å²) in [5.74, 6) is -2.73. The number of nitrogens with one attached hydrogen (secondary N) is 2. The number of amides is 1. The van der Waals surface area contributed by atoms with Gasteiger partial charge in [-0.05, 0) is 17.5 Å². The Bertz CT molecular complexity index is 852. The van der Waals surface area contributed by atoms with Gasteiger partial charge in [-0.3, -0.25) is 5.41 Å². The van der Waals surface area contributed by atoms with E-state index in [-0.39, 0.29) is 11.5 Å². The molecule has 0 aliphatic heterocycles. The Morgan fingerprint density at radius 3 is 2.15 bits per heavy atom. The standard InChI is InChI=1S/C13H13N3O3.C2HF3O2/c1-19-10-5-4-7-2-3-8(12(14)15)6-9(7)11(10)16-13(17)18;3-2(4,5)1(6)7/h2-6,16H,1H3,(H3,14,15)(H,17,18);(H,6,7)/p-2. The van der Waals surface area contributed by atoms with Crippen LogP contribution in [0.25, 0.3) is 10.8 Å². The third-order valence-electron chi connectivity index (χ3n) is 2.97. The molecule has 0 heterocycles. The molecule has 0 aromatic heterocycles. The molecule has 0 aliphatic rings. The van der Waals surface area contributed by atoms with E-state index in [0.717, 1.165) is 5.39 Å². The van der Waals surface area contributed by atoms with Crippen LogP contribution in [0.4, 0.5) is 23.7 Å². The Morgan fingerprint density at radius 1 is 1.19 bits per heavy atom. The van der Waals surface area contributed by atoms with E-state index in [4.69, 9.17) is 25.8 Å². The van der Waals surface area contributed by atoms with Gasteiger partial charge in [0.25, 0.3) is 0 Å². The molecular formula is C15H12F3N3O5-2. The number of fused-ring (bicyclic) bond motifs is 1. The normalized spacial score (nSPS) is 10.5. The van der Waals surface area contributed by atoms with E-state index in [1.807, 2.05) is 0 Å². The number of anilines is 1. The molecule has 0 atom stereocenters. The van der Waals surface area contributed by atoms with Crippen molar-refractivity contribution in [2.45, 2.75) is 6.18 Å².